The first kappa shape index (κ1) is 21.7. The molecule has 0 atom stereocenters. The smallest absolute Gasteiger partial charge is 0.339 e. The molecular weight excluding hydrogens is 444 g/mol. The van der Waals surface area contributed by atoms with Crippen LogP contribution in [-0.4, -0.2) is 13.1 Å². The Morgan fingerprint density at radius 1 is 0.500 bits per heavy atom. The van der Waals surface area contributed by atoms with Crippen LogP contribution in [0.2, 0.25) is 0 Å². The molecule has 0 saturated carbocycles. The molecule has 0 saturated heterocycles. The standard InChI is InChI=1S/C32H24N2O2/c1-36-32(35)25-16-6-8-18-27(25)34-30-21-11-9-19-28(30)33(29-20-10-12-22-31(29)34)26-17-7-5-15-24(26)23-13-3-2-4-14-23/h2-22H,1H3. The molecular formula is C32H24N2O2. The molecule has 174 valence electrons. The van der Waals surface area contributed by atoms with Crippen LogP contribution in [0.3, 0.4) is 0 Å². The van der Waals surface area contributed by atoms with Crippen LogP contribution in [0.4, 0.5) is 34.1 Å². The van der Waals surface area contributed by atoms with Gasteiger partial charge in [-0.3, -0.25) is 0 Å². The van der Waals surface area contributed by atoms with E-state index >= 15 is 0 Å². The maximum Gasteiger partial charge on any atom is 0.339 e. The second kappa shape index (κ2) is 9.08. The highest BCUT2D eigenvalue weighted by Crippen LogP contribution is 2.55. The SMILES string of the molecule is COC(=O)c1ccccc1N1c2ccccc2N(c2ccccc2-c2ccccc2)c2ccccc21. The highest BCUT2D eigenvalue weighted by molar-refractivity contribution is 6.07. The minimum Gasteiger partial charge on any atom is -0.465 e. The predicted octanol–water partition coefficient (Wildman–Crippen LogP) is 8.39. The fourth-order valence-corrected chi connectivity index (χ4v) is 4.94. The lowest BCUT2D eigenvalue weighted by Crippen LogP contribution is -2.25. The van der Waals surface area contributed by atoms with Crippen molar-refractivity contribution < 1.29 is 9.53 Å². The average Bonchev–Trinajstić information content (AvgIpc) is 2.96. The normalized spacial score (nSPS) is 12.0. The summed E-state index contributed by atoms with van der Waals surface area (Å²) in [6.45, 7) is 0. The third-order valence-electron chi connectivity index (χ3n) is 6.51. The second-order valence-electron chi connectivity index (χ2n) is 8.54. The molecule has 0 spiro atoms. The van der Waals surface area contributed by atoms with Gasteiger partial charge < -0.3 is 14.5 Å². The highest BCUT2D eigenvalue weighted by Gasteiger charge is 2.32. The molecule has 1 aliphatic heterocycles. The van der Waals surface area contributed by atoms with Gasteiger partial charge in [-0.15, -0.1) is 0 Å². The molecule has 6 rings (SSSR count). The molecule has 0 unspecified atom stereocenters. The molecule has 4 nitrogen and oxygen atoms in total. The summed E-state index contributed by atoms with van der Waals surface area (Å²) in [4.78, 5) is 17.2. The molecule has 0 aliphatic carbocycles. The molecule has 1 aliphatic rings. The van der Waals surface area contributed by atoms with Crippen LogP contribution in [0, 0.1) is 0 Å². The van der Waals surface area contributed by atoms with Gasteiger partial charge in [0, 0.05) is 5.56 Å². The predicted molar refractivity (Wildman–Crippen MR) is 146 cm³/mol. The fraction of sp³-hybridized carbons (Fsp3) is 0.0312. The van der Waals surface area contributed by atoms with Crippen molar-refractivity contribution >= 4 is 40.1 Å². The molecule has 36 heavy (non-hydrogen) atoms. The summed E-state index contributed by atoms with van der Waals surface area (Å²) in [7, 11) is 1.42. The van der Waals surface area contributed by atoms with Gasteiger partial charge in [-0.25, -0.2) is 4.79 Å². The van der Waals surface area contributed by atoms with Crippen LogP contribution >= 0.6 is 0 Å². The quantitative estimate of drug-likeness (QED) is 0.243. The van der Waals surface area contributed by atoms with E-state index < -0.39 is 0 Å². The van der Waals surface area contributed by atoms with Gasteiger partial charge in [0.05, 0.1) is 46.8 Å². The third-order valence-corrected chi connectivity index (χ3v) is 6.51. The largest absolute Gasteiger partial charge is 0.465 e. The van der Waals surface area contributed by atoms with Crippen LogP contribution in [0.5, 0.6) is 0 Å². The third kappa shape index (κ3) is 3.51. The Morgan fingerprint density at radius 3 is 1.47 bits per heavy atom. The van der Waals surface area contributed by atoms with Crippen molar-refractivity contribution in [3.05, 3.63) is 133 Å². The van der Waals surface area contributed by atoms with E-state index in [4.69, 9.17) is 4.74 Å². The fourth-order valence-electron chi connectivity index (χ4n) is 4.94. The maximum atomic E-state index is 12.7. The van der Waals surface area contributed by atoms with E-state index in [2.05, 4.69) is 94.7 Å². The van der Waals surface area contributed by atoms with E-state index in [0.29, 0.717) is 5.56 Å². The number of ether oxygens (including phenoxy) is 1. The summed E-state index contributed by atoms with van der Waals surface area (Å²) in [5.41, 5.74) is 8.70. The molecule has 0 radical (unpaired) electrons. The number of para-hydroxylation sites is 6. The van der Waals surface area contributed by atoms with Crippen molar-refractivity contribution in [2.75, 3.05) is 16.9 Å². The molecule has 1 heterocycles. The number of carbonyl (C=O) groups excluding carboxylic acids is 1. The van der Waals surface area contributed by atoms with Gasteiger partial charge in [-0.1, -0.05) is 84.9 Å². The van der Waals surface area contributed by atoms with E-state index in [0.717, 1.165) is 45.3 Å². The number of benzene rings is 5. The summed E-state index contributed by atoms with van der Waals surface area (Å²) in [5.74, 6) is -0.364. The van der Waals surface area contributed by atoms with E-state index in [-0.39, 0.29) is 5.97 Å². The lowest BCUT2D eigenvalue weighted by molar-refractivity contribution is 0.0601. The minimum absolute atomic E-state index is 0.364. The van der Waals surface area contributed by atoms with Gasteiger partial charge in [-0.2, -0.15) is 0 Å². The number of methoxy groups -OCH3 is 1. The van der Waals surface area contributed by atoms with Gasteiger partial charge >= 0.3 is 5.97 Å². The Kier molecular flexibility index (Phi) is 5.47. The van der Waals surface area contributed by atoms with Gasteiger partial charge in [-0.05, 0) is 48.0 Å². The molecule has 4 heteroatoms. The zero-order chi connectivity index (χ0) is 24.5. The Bertz CT molecular complexity index is 1510. The summed E-state index contributed by atoms with van der Waals surface area (Å²) < 4.78 is 5.12. The number of rotatable bonds is 4. The number of carbonyl (C=O) groups is 1. The Morgan fingerprint density at radius 2 is 0.917 bits per heavy atom. The first-order valence-corrected chi connectivity index (χ1v) is 11.9. The molecule has 0 bridgehead atoms. The number of nitrogens with zero attached hydrogens (tertiary/aromatic N) is 2. The summed E-state index contributed by atoms with van der Waals surface area (Å²) >= 11 is 0. The van der Waals surface area contributed by atoms with Gasteiger partial charge in [0.1, 0.15) is 0 Å². The first-order valence-electron chi connectivity index (χ1n) is 11.9. The molecule has 5 aromatic rings. The average molecular weight is 469 g/mol. The zero-order valence-electron chi connectivity index (χ0n) is 19.8. The Balaban J connectivity index is 1.62. The van der Waals surface area contributed by atoms with Crippen LogP contribution in [0.25, 0.3) is 11.1 Å². The molecule has 0 amide bonds. The lowest BCUT2D eigenvalue weighted by atomic mass is 9.99. The van der Waals surface area contributed by atoms with E-state index in [9.17, 15) is 4.79 Å². The van der Waals surface area contributed by atoms with Crippen molar-refractivity contribution in [3.8, 4) is 11.1 Å². The molecule has 0 fully saturated rings. The molecule has 5 aromatic carbocycles. The van der Waals surface area contributed by atoms with Crippen molar-refractivity contribution in [3.63, 3.8) is 0 Å². The highest BCUT2D eigenvalue weighted by atomic mass is 16.5. The van der Waals surface area contributed by atoms with Gasteiger partial charge in [0.25, 0.3) is 0 Å². The first-order chi connectivity index (χ1) is 17.8. The number of hydrogen-bond acceptors (Lipinski definition) is 4. The van der Waals surface area contributed by atoms with Crippen LogP contribution in [0.15, 0.2) is 127 Å². The number of hydrogen-bond donors (Lipinski definition) is 0. The second-order valence-corrected chi connectivity index (χ2v) is 8.54. The van der Waals surface area contributed by atoms with Crippen LogP contribution < -0.4 is 9.80 Å². The maximum absolute atomic E-state index is 12.7. The lowest BCUT2D eigenvalue weighted by Gasteiger charge is -2.41. The Labute approximate surface area is 210 Å². The summed E-state index contributed by atoms with van der Waals surface area (Å²) in [5, 5.41) is 0. The van der Waals surface area contributed by atoms with Gasteiger partial charge in [0.2, 0.25) is 0 Å². The van der Waals surface area contributed by atoms with Gasteiger partial charge in [0.15, 0.2) is 0 Å². The molecule has 0 aromatic heterocycles. The minimum atomic E-state index is -0.364. The Hall–Kier alpha value is -4.83. The topological polar surface area (TPSA) is 32.8 Å². The van der Waals surface area contributed by atoms with Crippen molar-refractivity contribution in [1.29, 1.82) is 0 Å². The van der Waals surface area contributed by atoms with E-state index in [1.54, 1.807) is 0 Å². The van der Waals surface area contributed by atoms with Crippen LogP contribution in [-0.2, 0) is 4.74 Å². The zero-order valence-corrected chi connectivity index (χ0v) is 19.8. The van der Waals surface area contributed by atoms with E-state index in [1.807, 2.05) is 42.5 Å². The summed E-state index contributed by atoms with van der Waals surface area (Å²) in [6, 6.07) is 43.1. The van der Waals surface area contributed by atoms with Crippen molar-refractivity contribution in [2.24, 2.45) is 0 Å². The van der Waals surface area contributed by atoms with Crippen molar-refractivity contribution in [1.82, 2.24) is 0 Å². The van der Waals surface area contributed by atoms with Crippen LogP contribution in [0.1, 0.15) is 10.4 Å². The molecule has 0 N–H and O–H groups in total. The van der Waals surface area contributed by atoms with Crippen molar-refractivity contribution in [2.45, 2.75) is 0 Å². The number of fused-ring (bicyclic) bond motifs is 2. The number of anilines is 6. The van der Waals surface area contributed by atoms with E-state index in [1.165, 1.54) is 7.11 Å². The summed E-state index contributed by atoms with van der Waals surface area (Å²) in [6.07, 6.45) is 0. The monoisotopic (exact) mass is 468 g/mol. The number of esters is 1.